The van der Waals surface area contributed by atoms with E-state index in [0.717, 1.165) is 12.8 Å². The van der Waals surface area contributed by atoms with Crippen LogP contribution in [0.4, 0.5) is 0 Å². The molecule has 0 aromatic rings. The Kier molecular flexibility index (Phi) is 5.46. The van der Waals surface area contributed by atoms with Gasteiger partial charge in [-0.2, -0.15) is 4.89 Å². The Morgan fingerprint density at radius 3 is 2.70 bits per heavy atom. The first-order chi connectivity index (χ1) is 4.66. The number of hydrogen-bond acceptors (Lipinski definition) is 1. The number of rotatable bonds is 4. The van der Waals surface area contributed by atoms with Gasteiger partial charge in [0, 0.05) is 0 Å². The molecule has 0 aliphatic rings. The molecule has 1 N–H and O–H groups in total. The fourth-order valence-corrected chi connectivity index (χ4v) is 0.852. The summed E-state index contributed by atoms with van der Waals surface area (Å²) in [5.74, 6) is 1.97. The van der Waals surface area contributed by atoms with E-state index in [0.29, 0.717) is 5.92 Å². The van der Waals surface area contributed by atoms with Gasteiger partial charge in [-0.15, -0.1) is 0 Å². The second kappa shape index (κ2) is 5.57. The zero-order valence-electron chi connectivity index (χ0n) is 6.45. The summed E-state index contributed by atoms with van der Waals surface area (Å²) in [5, 5.41) is 0. The van der Waals surface area contributed by atoms with Gasteiger partial charge in [0.1, 0.15) is 0 Å². The minimum atomic E-state index is -2.07. The third-order valence-corrected chi connectivity index (χ3v) is 1.93. The summed E-state index contributed by atoms with van der Waals surface area (Å²) >= 11 is 0. The lowest BCUT2D eigenvalue weighted by molar-refractivity contribution is 0.512. The molecular formula is C7H14O2P+. The molecule has 0 aromatic heterocycles. The van der Waals surface area contributed by atoms with Gasteiger partial charge < -0.3 is 0 Å². The normalized spacial score (nSPS) is 15.7. The van der Waals surface area contributed by atoms with E-state index in [-0.39, 0.29) is 0 Å². The minimum absolute atomic E-state index is 0.617. The van der Waals surface area contributed by atoms with Crippen LogP contribution in [-0.2, 0) is 4.57 Å². The van der Waals surface area contributed by atoms with Gasteiger partial charge in [-0.3, -0.25) is 0 Å². The van der Waals surface area contributed by atoms with Crippen LogP contribution in [0.1, 0.15) is 26.7 Å². The van der Waals surface area contributed by atoms with E-state index in [9.17, 15) is 4.57 Å². The van der Waals surface area contributed by atoms with Crippen molar-refractivity contribution >= 4 is 8.03 Å². The van der Waals surface area contributed by atoms with Crippen LogP contribution in [0.15, 0.2) is 11.9 Å². The molecule has 3 heteroatoms. The molecular weight excluding hydrogens is 147 g/mol. The highest BCUT2D eigenvalue weighted by molar-refractivity contribution is 7.41. The maximum absolute atomic E-state index is 10.1. The fraction of sp³-hybridized carbons (Fsp3) is 0.714. The van der Waals surface area contributed by atoms with E-state index in [2.05, 4.69) is 13.8 Å². The van der Waals surface area contributed by atoms with Crippen LogP contribution in [-0.4, -0.2) is 4.89 Å². The topological polar surface area (TPSA) is 37.3 Å². The van der Waals surface area contributed by atoms with Crippen LogP contribution in [0.25, 0.3) is 0 Å². The number of hydrogen-bond donors (Lipinski definition) is 1. The van der Waals surface area contributed by atoms with E-state index in [1.165, 1.54) is 5.82 Å². The molecule has 0 fully saturated rings. The van der Waals surface area contributed by atoms with E-state index in [4.69, 9.17) is 4.89 Å². The lowest BCUT2D eigenvalue weighted by Gasteiger charge is -1.99. The molecule has 0 saturated heterocycles. The molecule has 0 aromatic carbocycles. The van der Waals surface area contributed by atoms with E-state index >= 15 is 0 Å². The van der Waals surface area contributed by atoms with Crippen LogP contribution in [0.2, 0.25) is 0 Å². The third kappa shape index (κ3) is 5.93. The highest BCUT2D eigenvalue weighted by atomic mass is 31.1. The number of allylic oxidation sites excluding steroid dienone is 1. The summed E-state index contributed by atoms with van der Waals surface area (Å²) in [6, 6.07) is 0. The summed E-state index contributed by atoms with van der Waals surface area (Å²) in [5.41, 5.74) is 0. The molecule has 0 bridgehead atoms. The van der Waals surface area contributed by atoms with Crippen LogP contribution in [0.5, 0.6) is 0 Å². The second-order valence-corrected chi connectivity index (χ2v) is 3.34. The quantitative estimate of drug-likeness (QED) is 0.643. The molecule has 0 spiro atoms. The third-order valence-electron chi connectivity index (χ3n) is 1.47. The van der Waals surface area contributed by atoms with Gasteiger partial charge in [-0.1, -0.05) is 20.3 Å². The van der Waals surface area contributed by atoms with Gasteiger partial charge in [-0.05, 0) is 23.0 Å². The SMILES string of the molecule is CCC(C)CC=C[P+](=O)O. The smallest absolute Gasteiger partial charge is 0.157 e. The highest BCUT2D eigenvalue weighted by Gasteiger charge is 2.01. The highest BCUT2D eigenvalue weighted by Crippen LogP contribution is 2.16. The summed E-state index contributed by atoms with van der Waals surface area (Å²) in [7, 11) is -2.07. The Hall–Kier alpha value is -0.200. The predicted octanol–water partition coefficient (Wildman–Crippen LogP) is 2.67. The molecule has 0 aliphatic carbocycles. The van der Waals surface area contributed by atoms with Crippen molar-refractivity contribution in [3.63, 3.8) is 0 Å². The Bertz CT molecular complexity index is 132. The first-order valence-electron chi connectivity index (χ1n) is 3.48. The first kappa shape index (κ1) is 9.80. The first-order valence-corrected chi connectivity index (χ1v) is 4.76. The average Bonchev–Trinajstić information content (AvgIpc) is 1.87. The van der Waals surface area contributed by atoms with Gasteiger partial charge >= 0.3 is 8.03 Å². The Balaban J connectivity index is 3.43. The van der Waals surface area contributed by atoms with Crippen molar-refractivity contribution in [3.05, 3.63) is 11.9 Å². The van der Waals surface area contributed by atoms with Crippen LogP contribution in [0, 0.1) is 5.92 Å². The van der Waals surface area contributed by atoms with Gasteiger partial charge in [0.2, 0.25) is 0 Å². The van der Waals surface area contributed by atoms with Crippen molar-refractivity contribution in [2.45, 2.75) is 26.7 Å². The Labute approximate surface area is 62.8 Å². The standard InChI is InChI=1S/C7H13O2P/c1-3-7(2)5-4-6-10(8)9/h4,6-7H,3,5H2,1-2H3/p+1. The van der Waals surface area contributed by atoms with Crippen LogP contribution < -0.4 is 0 Å². The summed E-state index contributed by atoms with van der Waals surface area (Å²) in [6.07, 6.45) is 3.79. The van der Waals surface area contributed by atoms with Crippen molar-refractivity contribution in [3.8, 4) is 0 Å². The van der Waals surface area contributed by atoms with Gasteiger partial charge in [0.05, 0.1) is 0 Å². The molecule has 2 atom stereocenters. The Morgan fingerprint density at radius 2 is 2.30 bits per heavy atom. The monoisotopic (exact) mass is 161 g/mol. The molecule has 0 rings (SSSR count). The summed E-state index contributed by atoms with van der Waals surface area (Å²) < 4.78 is 10.1. The van der Waals surface area contributed by atoms with Crippen molar-refractivity contribution in [1.82, 2.24) is 0 Å². The minimum Gasteiger partial charge on any atom is -0.157 e. The molecule has 0 heterocycles. The second-order valence-electron chi connectivity index (χ2n) is 2.44. The van der Waals surface area contributed by atoms with Gasteiger partial charge in [-0.25, -0.2) is 0 Å². The molecule has 58 valence electrons. The predicted molar refractivity (Wildman–Crippen MR) is 43.0 cm³/mol. The van der Waals surface area contributed by atoms with Crippen molar-refractivity contribution < 1.29 is 9.46 Å². The van der Waals surface area contributed by atoms with Crippen LogP contribution in [0.3, 0.4) is 0 Å². The fourth-order valence-electron chi connectivity index (χ4n) is 0.550. The lowest BCUT2D eigenvalue weighted by atomic mass is 10.1. The van der Waals surface area contributed by atoms with E-state index in [1.807, 2.05) is 0 Å². The van der Waals surface area contributed by atoms with Gasteiger partial charge in [0.15, 0.2) is 5.82 Å². The molecule has 0 aliphatic heterocycles. The average molecular weight is 161 g/mol. The molecule has 0 radical (unpaired) electrons. The zero-order valence-corrected chi connectivity index (χ0v) is 7.34. The zero-order chi connectivity index (χ0) is 7.98. The largest absolute Gasteiger partial charge is 0.537 e. The molecule has 10 heavy (non-hydrogen) atoms. The van der Waals surface area contributed by atoms with E-state index < -0.39 is 8.03 Å². The van der Waals surface area contributed by atoms with E-state index in [1.54, 1.807) is 6.08 Å². The molecule has 2 nitrogen and oxygen atoms in total. The maximum Gasteiger partial charge on any atom is 0.537 e. The molecule has 2 unspecified atom stereocenters. The molecule has 0 amide bonds. The Morgan fingerprint density at radius 1 is 1.70 bits per heavy atom. The maximum atomic E-state index is 10.1. The van der Waals surface area contributed by atoms with Crippen molar-refractivity contribution in [1.29, 1.82) is 0 Å². The van der Waals surface area contributed by atoms with Crippen LogP contribution >= 0.6 is 8.03 Å². The van der Waals surface area contributed by atoms with Gasteiger partial charge in [0.25, 0.3) is 0 Å². The summed E-state index contributed by atoms with van der Waals surface area (Å²) in [4.78, 5) is 8.36. The summed E-state index contributed by atoms with van der Waals surface area (Å²) in [6.45, 7) is 4.23. The van der Waals surface area contributed by atoms with Crippen molar-refractivity contribution in [2.24, 2.45) is 5.92 Å². The lowest BCUT2D eigenvalue weighted by Crippen LogP contribution is -1.86. The molecule has 0 saturated carbocycles. The van der Waals surface area contributed by atoms with Crippen molar-refractivity contribution in [2.75, 3.05) is 0 Å².